The highest BCUT2D eigenvalue weighted by molar-refractivity contribution is 9.10. The molecule has 0 fully saturated rings. The van der Waals surface area contributed by atoms with Gasteiger partial charge in [0.1, 0.15) is 5.75 Å². The summed E-state index contributed by atoms with van der Waals surface area (Å²) in [6, 6.07) is 9.44. The molecule has 0 aliphatic rings. The predicted octanol–water partition coefficient (Wildman–Crippen LogP) is 4.32. The summed E-state index contributed by atoms with van der Waals surface area (Å²) in [5.41, 5.74) is 1.39. The topological polar surface area (TPSA) is 81.5 Å². The second-order valence-electron chi connectivity index (χ2n) is 4.78. The number of aryl methyl sites for hydroxylation is 1. The summed E-state index contributed by atoms with van der Waals surface area (Å²) >= 11 is 3.35. The second-order valence-corrected chi connectivity index (χ2v) is 5.70. The van der Waals surface area contributed by atoms with Crippen molar-refractivity contribution in [1.29, 1.82) is 0 Å². The van der Waals surface area contributed by atoms with Gasteiger partial charge in [-0.25, -0.2) is 0 Å². The molecule has 23 heavy (non-hydrogen) atoms. The molecule has 0 radical (unpaired) electrons. The molecule has 0 atom stereocenters. The standard InChI is InChI=1S/C16H15BrN2O4/c1-3-23-15-7-4-11(17)9-14(15)18-16(20)13-6-5-12(19(21)22)8-10(13)2/h4-9H,3H2,1-2H3,(H,18,20). The first-order valence-corrected chi connectivity index (χ1v) is 7.70. The van der Waals surface area contributed by atoms with Crippen LogP contribution in [0.3, 0.4) is 0 Å². The number of non-ortho nitro benzene ring substituents is 1. The number of nitrogens with zero attached hydrogens (tertiary/aromatic N) is 1. The lowest BCUT2D eigenvalue weighted by Gasteiger charge is -2.13. The quantitative estimate of drug-likeness (QED) is 0.620. The van der Waals surface area contributed by atoms with E-state index in [9.17, 15) is 14.9 Å². The van der Waals surface area contributed by atoms with Gasteiger partial charge in [-0.2, -0.15) is 0 Å². The monoisotopic (exact) mass is 378 g/mol. The van der Waals surface area contributed by atoms with Gasteiger partial charge in [0.2, 0.25) is 0 Å². The SMILES string of the molecule is CCOc1ccc(Br)cc1NC(=O)c1ccc([N+](=O)[O-])cc1C. The zero-order valence-electron chi connectivity index (χ0n) is 12.6. The fraction of sp³-hybridized carbons (Fsp3) is 0.188. The smallest absolute Gasteiger partial charge is 0.269 e. The fourth-order valence-corrected chi connectivity index (χ4v) is 2.45. The molecular formula is C16H15BrN2O4. The third-order valence-corrected chi connectivity index (χ3v) is 3.65. The molecule has 1 N–H and O–H groups in total. The van der Waals surface area contributed by atoms with Crippen LogP contribution in [-0.2, 0) is 0 Å². The van der Waals surface area contributed by atoms with Gasteiger partial charge in [-0.1, -0.05) is 15.9 Å². The number of hydrogen-bond donors (Lipinski definition) is 1. The lowest BCUT2D eigenvalue weighted by molar-refractivity contribution is -0.384. The number of hydrogen-bond acceptors (Lipinski definition) is 4. The van der Waals surface area contributed by atoms with Gasteiger partial charge in [0.25, 0.3) is 11.6 Å². The Morgan fingerprint density at radius 1 is 1.30 bits per heavy atom. The normalized spacial score (nSPS) is 10.2. The van der Waals surface area contributed by atoms with Crippen molar-refractivity contribution in [3.63, 3.8) is 0 Å². The number of benzene rings is 2. The Hall–Kier alpha value is -2.41. The van der Waals surface area contributed by atoms with E-state index in [1.165, 1.54) is 18.2 Å². The van der Waals surface area contributed by atoms with Gasteiger partial charge in [0.15, 0.2) is 0 Å². The minimum absolute atomic E-state index is 0.0449. The molecule has 0 heterocycles. The first-order valence-electron chi connectivity index (χ1n) is 6.91. The van der Waals surface area contributed by atoms with Gasteiger partial charge in [-0.05, 0) is 43.7 Å². The van der Waals surface area contributed by atoms with Crippen LogP contribution in [-0.4, -0.2) is 17.4 Å². The van der Waals surface area contributed by atoms with Crippen molar-refractivity contribution >= 4 is 33.2 Å². The molecule has 0 unspecified atom stereocenters. The molecule has 2 rings (SSSR count). The van der Waals surface area contributed by atoms with Gasteiger partial charge in [0, 0.05) is 22.2 Å². The number of nitro benzene ring substituents is 1. The average molecular weight is 379 g/mol. The van der Waals surface area contributed by atoms with Crippen molar-refractivity contribution in [1.82, 2.24) is 0 Å². The van der Waals surface area contributed by atoms with Crippen LogP contribution >= 0.6 is 15.9 Å². The number of carbonyl (C=O) groups excluding carboxylic acids is 1. The molecule has 1 amide bonds. The maximum Gasteiger partial charge on any atom is 0.269 e. The molecule has 120 valence electrons. The lowest BCUT2D eigenvalue weighted by atomic mass is 10.1. The van der Waals surface area contributed by atoms with Crippen LogP contribution < -0.4 is 10.1 Å². The van der Waals surface area contributed by atoms with E-state index in [1.54, 1.807) is 19.1 Å². The van der Waals surface area contributed by atoms with E-state index in [0.29, 0.717) is 29.2 Å². The highest BCUT2D eigenvalue weighted by atomic mass is 79.9. The summed E-state index contributed by atoms with van der Waals surface area (Å²) in [6.07, 6.45) is 0. The summed E-state index contributed by atoms with van der Waals surface area (Å²) in [5.74, 6) is 0.208. The Balaban J connectivity index is 2.29. The number of rotatable bonds is 5. The average Bonchev–Trinajstić information content (AvgIpc) is 2.49. The molecular weight excluding hydrogens is 364 g/mol. The number of anilines is 1. The first-order chi connectivity index (χ1) is 10.9. The Kier molecular flexibility index (Phi) is 5.33. The maximum absolute atomic E-state index is 12.4. The minimum atomic E-state index is -0.490. The van der Waals surface area contributed by atoms with Crippen molar-refractivity contribution < 1.29 is 14.5 Å². The summed E-state index contributed by atoms with van der Waals surface area (Å²) in [6.45, 7) is 3.99. The molecule has 0 bridgehead atoms. The Morgan fingerprint density at radius 2 is 2.04 bits per heavy atom. The number of nitrogens with one attached hydrogen (secondary N) is 1. The summed E-state index contributed by atoms with van der Waals surface area (Å²) in [7, 11) is 0. The van der Waals surface area contributed by atoms with Gasteiger partial charge in [0.05, 0.1) is 17.2 Å². The summed E-state index contributed by atoms with van der Waals surface area (Å²) in [5, 5.41) is 13.5. The number of halogens is 1. The van der Waals surface area contributed by atoms with Gasteiger partial charge >= 0.3 is 0 Å². The Bertz CT molecular complexity index is 762. The van der Waals surface area contributed by atoms with Crippen LogP contribution in [0.4, 0.5) is 11.4 Å². The van der Waals surface area contributed by atoms with E-state index in [1.807, 2.05) is 13.0 Å². The summed E-state index contributed by atoms with van der Waals surface area (Å²) in [4.78, 5) is 22.7. The molecule has 2 aromatic carbocycles. The maximum atomic E-state index is 12.4. The Morgan fingerprint density at radius 3 is 2.65 bits per heavy atom. The highest BCUT2D eigenvalue weighted by Crippen LogP contribution is 2.29. The van der Waals surface area contributed by atoms with Crippen LogP contribution in [0.5, 0.6) is 5.75 Å². The fourth-order valence-electron chi connectivity index (χ4n) is 2.09. The molecule has 0 saturated heterocycles. The van der Waals surface area contributed by atoms with Gasteiger partial charge < -0.3 is 10.1 Å². The van der Waals surface area contributed by atoms with Gasteiger partial charge in [-0.15, -0.1) is 0 Å². The molecule has 6 nitrogen and oxygen atoms in total. The third kappa shape index (κ3) is 4.07. The number of carbonyl (C=O) groups is 1. The molecule has 0 saturated carbocycles. The molecule has 0 aliphatic carbocycles. The van der Waals surface area contributed by atoms with Crippen molar-refractivity contribution in [2.24, 2.45) is 0 Å². The Labute approximate surface area is 141 Å². The molecule has 2 aromatic rings. The number of nitro groups is 1. The van der Waals surface area contributed by atoms with E-state index in [-0.39, 0.29) is 11.6 Å². The van der Waals surface area contributed by atoms with Crippen LogP contribution in [0, 0.1) is 17.0 Å². The van der Waals surface area contributed by atoms with E-state index < -0.39 is 4.92 Å². The van der Waals surface area contributed by atoms with Crippen molar-refractivity contribution in [3.05, 3.63) is 62.1 Å². The highest BCUT2D eigenvalue weighted by Gasteiger charge is 2.15. The van der Waals surface area contributed by atoms with Crippen molar-refractivity contribution in [2.45, 2.75) is 13.8 Å². The first kappa shape index (κ1) is 17.0. The van der Waals surface area contributed by atoms with E-state index in [2.05, 4.69) is 21.2 Å². The zero-order chi connectivity index (χ0) is 17.0. The molecule has 0 spiro atoms. The third-order valence-electron chi connectivity index (χ3n) is 3.16. The largest absolute Gasteiger partial charge is 0.492 e. The number of ether oxygens (including phenoxy) is 1. The van der Waals surface area contributed by atoms with E-state index in [4.69, 9.17) is 4.74 Å². The van der Waals surface area contributed by atoms with Crippen LogP contribution in [0.15, 0.2) is 40.9 Å². The second kappa shape index (κ2) is 7.23. The molecule has 0 aliphatic heterocycles. The van der Waals surface area contributed by atoms with Crippen LogP contribution in [0.2, 0.25) is 0 Å². The zero-order valence-corrected chi connectivity index (χ0v) is 14.2. The van der Waals surface area contributed by atoms with Crippen LogP contribution in [0.1, 0.15) is 22.8 Å². The summed E-state index contributed by atoms with van der Waals surface area (Å²) < 4.78 is 6.29. The van der Waals surface area contributed by atoms with Crippen LogP contribution in [0.25, 0.3) is 0 Å². The minimum Gasteiger partial charge on any atom is -0.492 e. The van der Waals surface area contributed by atoms with E-state index >= 15 is 0 Å². The van der Waals surface area contributed by atoms with E-state index in [0.717, 1.165) is 4.47 Å². The predicted molar refractivity (Wildman–Crippen MR) is 91.1 cm³/mol. The van der Waals surface area contributed by atoms with Crippen molar-refractivity contribution in [2.75, 3.05) is 11.9 Å². The molecule has 0 aromatic heterocycles. The molecule has 7 heteroatoms. The van der Waals surface area contributed by atoms with Gasteiger partial charge in [-0.3, -0.25) is 14.9 Å². The lowest BCUT2D eigenvalue weighted by Crippen LogP contribution is -2.14. The van der Waals surface area contributed by atoms with Crippen molar-refractivity contribution in [3.8, 4) is 5.75 Å². The number of amides is 1.